The Labute approximate surface area is 200 Å². The van der Waals surface area contributed by atoms with Gasteiger partial charge in [-0.15, -0.1) is 11.3 Å². The van der Waals surface area contributed by atoms with Gasteiger partial charge in [0.15, 0.2) is 24.0 Å². The summed E-state index contributed by atoms with van der Waals surface area (Å²) in [5, 5.41) is 9.75. The zero-order valence-corrected chi connectivity index (χ0v) is 19.8. The molecular weight excluding hydrogens is 457 g/mol. The first-order valence-corrected chi connectivity index (χ1v) is 11.6. The van der Waals surface area contributed by atoms with Crippen LogP contribution >= 0.6 is 11.3 Å². The molecule has 0 spiro atoms. The van der Waals surface area contributed by atoms with Crippen molar-refractivity contribution in [2.45, 2.75) is 26.8 Å². The van der Waals surface area contributed by atoms with Gasteiger partial charge in [0.1, 0.15) is 4.88 Å². The fraction of sp³-hybridized carbons (Fsp3) is 0.240. The first kappa shape index (κ1) is 23.4. The maximum atomic E-state index is 14.1. The maximum Gasteiger partial charge on any atom is 0.263 e. The third kappa shape index (κ3) is 5.09. The molecule has 1 unspecified atom stereocenters. The number of nitrogens with one attached hydrogen (secondary N) is 3. The Bertz CT molecular complexity index is 1330. The van der Waals surface area contributed by atoms with Crippen LogP contribution in [-0.4, -0.2) is 36.8 Å². The lowest BCUT2D eigenvalue weighted by atomic mass is 10.1. The lowest BCUT2D eigenvalue weighted by Gasteiger charge is -2.11. The number of carbonyl (C=O) groups excluding carboxylic acids is 3. The van der Waals surface area contributed by atoms with Crippen LogP contribution in [0.2, 0.25) is 0 Å². The molecule has 2 heterocycles. The third-order valence-corrected chi connectivity index (χ3v) is 6.30. The number of benzene rings is 2. The minimum atomic E-state index is -0.635. The van der Waals surface area contributed by atoms with E-state index in [0.29, 0.717) is 22.7 Å². The van der Waals surface area contributed by atoms with Crippen molar-refractivity contribution in [1.29, 1.82) is 0 Å². The predicted octanol–water partition coefficient (Wildman–Crippen LogP) is 4.75. The monoisotopic (exact) mass is 481 g/mol. The molecule has 176 valence electrons. The van der Waals surface area contributed by atoms with Crippen molar-refractivity contribution in [1.82, 2.24) is 5.32 Å². The summed E-state index contributed by atoms with van der Waals surface area (Å²) in [6, 6.07) is 9.12. The molecule has 3 N–H and O–H groups in total. The number of hydrogen-bond acceptors (Lipinski definition) is 6. The van der Waals surface area contributed by atoms with Gasteiger partial charge in [-0.1, -0.05) is 5.57 Å². The van der Waals surface area contributed by atoms with Crippen molar-refractivity contribution in [3.05, 3.63) is 64.3 Å². The van der Waals surface area contributed by atoms with Gasteiger partial charge in [0.2, 0.25) is 0 Å². The zero-order valence-electron chi connectivity index (χ0n) is 19.0. The topological polar surface area (TPSA) is 96.5 Å². The molecule has 0 saturated carbocycles. The fourth-order valence-electron chi connectivity index (χ4n) is 3.58. The van der Waals surface area contributed by atoms with Crippen molar-refractivity contribution in [3.63, 3.8) is 0 Å². The van der Waals surface area contributed by atoms with E-state index in [4.69, 9.17) is 4.74 Å². The van der Waals surface area contributed by atoms with Crippen molar-refractivity contribution in [3.8, 4) is 5.75 Å². The fourth-order valence-corrected chi connectivity index (χ4v) is 4.64. The summed E-state index contributed by atoms with van der Waals surface area (Å²) in [6.45, 7) is 5.75. The standard InChI is InChI=1S/C25H24FN3O4S/c1-13(2)8-17(30)12-33-20-10-16(5-6-19(20)26)29-24(31)15-4-7-21-18(9-15)22-23(34-21)25(32)28-14(3)11-27-22/h4-10,14,27H,11-12H2,1-3H3,(H,28,32)(H,29,31). The second-order valence-corrected chi connectivity index (χ2v) is 9.40. The number of thiophene rings is 1. The summed E-state index contributed by atoms with van der Waals surface area (Å²) >= 11 is 1.37. The molecule has 9 heteroatoms. The Kier molecular flexibility index (Phi) is 6.65. The van der Waals surface area contributed by atoms with Gasteiger partial charge < -0.3 is 20.7 Å². The Morgan fingerprint density at radius 2 is 2.03 bits per heavy atom. The summed E-state index contributed by atoms with van der Waals surface area (Å²) in [5.74, 6) is -1.58. The number of rotatable bonds is 6. The molecule has 2 aromatic carbocycles. The molecule has 0 aliphatic carbocycles. The molecule has 1 aliphatic rings. The van der Waals surface area contributed by atoms with Gasteiger partial charge in [-0.3, -0.25) is 14.4 Å². The minimum absolute atomic E-state index is 0.0131. The van der Waals surface area contributed by atoms with Gasteiger partial charge in [-0.05, 0) is 57.2 Å². The average Bonchev–Trinajstić information content (AvgIpc) is 3.08. The first-order valence-electron chi connectivity index (χ1n) is 10.7. The largest absolute Gasteiger partial charge is 0.482 e. The van der Waals surface area contributed by atoms with Gasteiger partial charge in [0.05, 0.1) is 5.69 Å². The average molecular weight is 482 g/mol. The smallest absolute Gasteiger partial charge is 0.263 e. The Morgan fingerprint density at radius 1 is 1.24 bits per heavy atom. The highest BCUT2D eigenvalue weighted by atomic mass is 32.1. The predicted molar refractivity (Wildman–Crippen MR) is 132 cm³/mol. The minimum Gasteiger partial charge on any atom is -0.482 e. The van der Waals surface area contributed by atoms with Crippen molar-refractivity contribution >= 4 is 50.4 Å². The van der Waals surface area contributed by atoms with E-state index in [-0.39, 0.29) is 30.1 Å². The first-order chi connectivity index (χ1) is 16.2. The van der Waals surface area contributed by atoms with Gasteiger partial charge in [0, 0.05) is 40.0 Å². The van der Waals surface area contributed by atoms with Crippen LogP contribution < -0.4 is 20.7 Å². The number of ether oxygens (including phenoxy) is 1. The molecule has 0 fully saturated rings. The SMILES string of the molecule is CC(C)=CC(=O)COc1cc(NC(=O)c2ccc3sc4c(c3c2)NCC(C)NC4=O)ccc1F. The van der Waals surface area contributed by atoms with E-state index in [2.05, 4.69) is 16.0 Å². The summed E-state index contributed by atoms with van der Waals surface area (Å²) in [5.41, 5.74) is 2.25. The number of anilines is 2. The molecule has 7 nitrogen and oxygen atoms in total. The highest BCUT2D eigenvalue weighted by Gasteiger charge is 2.24. The van der Waals surface area contributed by atoms with E-state index >= 15 is 0 Å². The summed E-state index contributed by atoms with van der Waals surface area (Å²) < 4.78 is 20.3. The van der Waals surface area contributed by atoms with E-state index in [1.807, 2.05) is 6.92 Å². The Morgan fingerprint density at radius 3 is 2.79 bits per heavy atom. The van der Waals surface area contributed by atoms with Gasteiger partial charge in [-0.25, -0.2) is 4.39 Å². The Hall–Kier alpha value is -3.72. The number of carbonyl (C=O) groups is 3. The highest BCUT2D eigenvalue weighted by molar-refractivity contribution is 7.21. The number of amides is 2. The van der Waals surface area contributed by atoms with Gasteiger partial charge in [0.25, 0.3) is 11.8 Å². The molecule has 34 heavy (non-hydrogen) atoms. The molecular formula is C25H24FN3O4S. The quantitative estimate of drug-likeness (QED) is 0.442. The van der Waals surface area contributed by atoms with Crippen molar-refractivity contribution in [2.75, 3.05) is 23.8 Å². The molecule has 0 bridgehead atoms. The second-order valence-electron chi connectivity index (χ2n) is 8.35. The second kappa shape index (κ2) is 9.64. The van der Waals surface area contributed by atoms with Crippen LogP contribution in [0.5, 0.6) is 5.75 Å². The van der Waals surface area contributed by atoms with Crippen molar-refractivity contribution in [2.24, 2.45) is 0 Å². The lowest BCUT2D eigenvalue weighted by Crippen LogP contribution is -2.34. The van der Waals surface area contributed by atoms with Gasteiger partial charge >= 0.3 is 0 Å². The summed E-state index contributed by atoms with van der Waals surface area (Å²) in [7, 11) is 0. The summed E-state index contributed by atoms with van der Waals surface area (Å²) in [6.07, 6.45) is 1.42. The molecule has 3 aromatic rings. The maximum absolute atomic E-state index is 14.1. The molecule has 1 atom stereocenters. The molecule has 1 aromatic heterocycles. The summed E-state index contributed by atoms with van der Waals surface area (Å²) in [4.78, 5) is 37.8. The molecule has 2 amide bonds. The van der Waals surface area contributed by atoms with Gasteiger partial charge in [-0.2, -0.15) is 0 Å². The van der Waals surface area contributed by atoms with Crippen LogP contribution in [0.25, 0.3) is 10.1 Å². The van der Waals surface area contributed by atoms with E-state index in [9.17, 15) is 18.8 Å². The van der Waals surface area contributed by atoms with E-state index < -0.39 is 11.7 Å². The van der Waals surface area contributed by atoms with Crippen LogP contribution in [0.4, 0.5) is 15.8 Å². The normalized spacial score (nSPS) is 14.9. The van der Waals surface area contributed by atoms with E-state index in [0.717, 1.165) is 21.3 Å². The number of halogens is 1. The van der Waals surface area contributed by atoms with E-state index in [1.54, 1.807) is 32.0 Å². The number of ketones is 1. The number of allylic oxidation sites excluding steroid dienone is 1. The van der Waals surface area contributed by atoms with Crippen LogP contribution in [0.3, 0.4) is 0 Å². The van der Waals surface area contributed by atoms with Crippen LogP contribution in [0, 0.1) is 5.82 Å². The van der Waals surface area contributed by atoms with E-state index in [1.165, 1.54) is 35.6 Å². The zero-order chi connectivity index (χ0) is 24.4. The molecule has 0 saturated heterocycles. The molecule has 4 rings (SSSR count). The third-order valence-electron chi connectivity index (χ3n) is 5.13. The lowest BCUT2D eigenvalue weighted by molar-refractivity contribution is -0.116. The highest BCUT2D eigenvalue weighted by Crippen LogP contribution is 2.37. The van der Waals surface area contributed by atoms with Crippen LogP contribution in [0.15, 0.2) is 48.0 Å². The number of fused-ring (bicyclic) bond motifs is 3. The van der Waals surface area contributed by atoms with Crippen LogP contribution in [-0.2, 0) is 4.79 Å². The molecule has 0 radical (unpaired) electrons. The number of hydrogen-bond donors (Lipinski definition) is 3. The molecule has 1 aliphatic heterocycles. The Balaban J connectivity index is 1.54. The van der Waals surface area contributed by atoms with Crippen molar-refractivity contribution < 1.29 is 23.5 Å². The van der Waals surface area contributed by atoms with Crippen LogP contribution in [0.1, 0.15) is 40.8 Å².